The molecule has 2 heterocycles. The molecule has 1 unspecified atom stereocenters. The number of hydrogen-bond acceptors (Lipinski definition) is 4. The highest BCUT2D eigenvalue weighted by atomic mass is 14.9. The summed E-state index contributed by atoms with van der Waals surface area (Å²) in [6.07, 6.45) is 27.6. The van der Waals surface area contributed by atoms with Crippen molar-refractivity contribution in [2.24, 2.45) is 0 Å². The molecule has 0 radical (unpaired) electrons. The minimum absolute atomic E-state index is 0.0188. The van der Waals surface area contributed by atoms with Gasteiger partial charge < -0.3 is 0 Å². The molecule has 0 saturated heterocycles. The van der Waals surface area contributed by atoms with Crippen LogP contribution in [0.2, 0.25) is 0 Å². The Balaban J connectivity index is 0.880. The standard InChI is InChI=1S/C70H52N4/c1-4-15-47-27-37-60(41-56(47)21-8-1)66-45-64(71-69(73-66)63-40-30-50-18-11-13-24-59(50)44-63)51-25-14-26-54(34-31-51)68(53-19-6-3-7-20-53)55-35-32-52(33-36-55)65-46-67(61-38-28-49-17-10-12-23-57(49)42-61)74-70(72-65)62-39-29-48-16-5-2-9-22-58(48)43-62/h3-4,6-15,17-24,26-46,68H,1-2,5,16,25H2. The Kier molecular flexibility index (Phi) is 12.0. The van der Waals surface area contributed by atoms with Crippen LogP contribution in [0.15, 0.2) is 236 Å². The Labute approximate surface area is 432 Å². The molecule has 10 aromatic rings. The fraction of sp³-hybridized carbons (Fsp3) is 0.0857. The molecule has 2 aromatic heterocycles. The van der Waals surface area contributed by atoms with Gasteiger partial charge in [-0.2, -0.15) is 0 Å². The quantitative estimate of drug-likeness (QED) is 0.145. The highest BCUT2D eigenvalue weighted by Crippen LogP contribution is 2.38. The van der Waals surface area contributed by atoms with Crippen LogP contribution in [0, 0.1) is 0 Å². The van der Waals surface area contributed by atoms with Crippen LogP contribution in [0.3, 0.4) is 0 Å². The molecular formula is C70H52N4. The summed E-state index contributed by atoms with van der Waals surface area (Å²) < 4.78 is 0. The van der Waals surface area contributed by atoms with Crippen molar-refractivity contribution in [1.82, 2.24) is 19.9 Å². The fourth-order valence-corrected chi connectivity index (χ4v) is 10.8. The average molecular weight is 949 g/mol. The third-order valence-electron chi connectivity index (χ3n) is 14.7. The van der Waals surface area contributed by atoms with Crippen molar-refractivity contribution in [3.63, 3.8) is 0 Å². The maximum Gasteiger partial charge on any atom is 0.160 e. The second-order valence-corrected chi connectivity index (χ2v) is 19.6. The van der Waals surface area contributed by atoms with Crippen LogP contribution in [0.5, 0.6) is 0 Å². The molecule has 4 heteroatoms. The van der Waals surface area contributed by atoms with Gasteiger partial charge in [0.05, 0.1) is 22.8 Å². The third-order valence-corrected chi connectivity index (χ3v) is 14.7. The maximum absolute atomic E-state index is 5.33. The molecule has 1 atom stereocenters. The van der Waals surface area contributed by atoms with E-state index in [1.807, 2.05) is 0 Å². The van der Waals surface area contributed by atoms with Crippen molar-refractivity contribution in [2.45, 2.75) is 38.0 Å². The van der Waals surface area contributed by atoms with E-state index in [4.69, 9.17) is 19.9 Å². The van der Waals surface area contributed by atoms with Gasteiger partial charge in [-0.1, -0.05) is 212 Å². The van der Waals surface area contributed by atoms with E-state index < -0.39 is 0 Å². The van der Waals surface area contributed by atoms with Crippen LogP contribution >= 0.6 is 0 Å². The Hall–Kier alpha value is -9.12. The van der Waals surface area contributed by atoms with Crippen LogP contribution < -0.4 is 0 Å². The SMILES string of the molecule is C1=Cc2ccc(-c3cc(C4=CC=C(C(c5ccccc5)c5ccc(-c6cc(-c7ccc8ccccc8c7)nc(-c7ccc8c(c7)C=CCCC8)n6)cc5)C=CC4)nc(-c4ccc5ccccc5c4)n3)cc2C=CC1. The summed E-state index contributed by atoms with van der Waals surface area (Å²) in [5.74, 6) is 1.42. The second kappa shape index (κ2) is 19.8. The zero-order valence-electron chi connectivity index (χ0n) is 41.1. The van der Waals surface area contributed by atoms with E-state index in [-0.39, 0.29) is 5.92 Å². The third kappa shape index (κ3) is 9.19. The van der Waals surface area contributed by atoms with Crippen LogP contribution in [0.1, 0.15) is 70.7 Å². The van der Waals surface area contributed by atoms with Gasteiger partial charge in [0.25, 0.3) is 0 Å². The van der Waals surface area contributed by atoms with Crippen LogP contribution in [-0.2, 0) is 6.42 Å². The van der Waals surface area contributed by atoms with Gasteiger partial charge in [0.1, 0.15) is 0 Å². The Morgan fingerprint density at radius 1 is 0.365 bits per heavy atom. The summed E-state index contributed by atoms with van der Waals surface area (Å²) in [6, 6.07) is 67.7. The van der Waals surface area contributed by atoms with Gasteiger partial charge in [-0.3, -0.25) is 0 Å². The molecule has 4 nitrogen and oxygen atoms in total. The van der Waals surface area contributed by atoms with Gasteiger partial charge in [-0.25, -0.2) is 19.9 Å². The maximum atomic E-state index is 5.33. The van der Waals surface area contributed by atoms with Crippen molar-refractivity contribution in [3.8, 4) is 56.5 Å². The molecule has 3 aliphatic carbocycles. The van der Waals surface area contributed by atoms with Gasteiger partial charge in [0, 0.05) is 33.7 Å². The predicted molar refractivity (Wildman–Crippen MR) is 309 cm³/mol. The van der Waals surface area contributed by atoms with Crippen LogP contribution in [-0.4, -0.2) is 19.9 Å². The van der Waals surface area contributed by atoms with Gasteiger partial charge in [0.2, 0.25) is 0 Å². The highest BCUT2D eigenvalue weighted by Gasteiger charge is 2.21. The fourth-order valence-electron chi connectivity index (χ4n) is 10.8. The summed E-state index contributed by atoms with van der Waals surface area (Å²) in [5, 5.41) is 4.75. The van der Waals surface area contributed by atoms with Crippen LogP contribution in [0.25, 0.3) is 102 Å². The lowest BCUT2D eigenvalue weighted by Gasteiger charge is -2.20. The zero-order valence-corrected chi connectivity index (χ0v) is 41.1. The minimum atomic E-state index is -0.0188. The summed E-state index contributed by atoms with van der Waals surface area (Å²) in [5.41, 5.74) is 18.6. The molecular weight excluding hydrogens is 897 g/mol. The smallest absolute Gasteiger partial charge is 0.160 e. The van der Waals surface area contributed by atoms with E-state index in [2.05, 4.69) is 249 Å². The number of nitrogens with zero attached hydrogens (tertiary/aromatic N) is 4. The summed E-state index contributed by atoms with van der Waals surface area (Å²) in [4.78, 5) is 21.2. The molecule has 13 rings (SSSR count). The topological polar surface area (TPSA) is 51.6 Å². The average Bonchev–Trinajstić information content (AvgIpc) is 3.98. The highest BCUT2D eigenvalue weighted by molar-refractivity contribution is 5.89. The van der Waals surface area contributed by atoms with E-state index >= 15 is 0 Å². The van der Waals surface area contributed by atoms with E-state index in [0.29, 0.717) is 5.82 Å². The summed E-state index contributed by atoms with van der Waals surface area (Å²) in [6.45, 7) is 0. The first-order valence-electron chi connectivity index (χ1n) is 25.9. The van der Waals surface area contributed by atoms with Crippen molar-refractivity contribution < 1.29 is 0 Å². The van der Waals surface area contributed by atoms with Crippen molar-refractivity contribution in [3.05, 3.63) is 275 Å². The number of benzene rings is 8. The lowest BCUT2D eigenvalue weighted by molar-refractivity contribution is 0.851. The van der Waals surface area contributed by atoms with Gasteiger partial charge >= 0.3 is 0 Å². The molecule has 8 aromatic carbocycles. The molecule has 0 aliphatic heterocycles. The number of hydrogen-bond donors (Lipinski definition) is 0. The first kappa shape index (κ1) is 44.8. The second-order valence-electron chi connectivity index (χ2n) is 19.6. The molecule has 0 amide bonds. The number of fused-ring (bicyclic) bond motifs is 4. The number of allylic oxidation sites excluding steroid dienone is 9. The van der Waals surface area contributed by atoms with Gasteiger partial charge in [0.15, 0.2) is 11.6 Å². The molecule has 0 saturated carbocycles. The summed E-state index contributed by atoms with van der Waals surface area (Å²) >= 11 is 0. The van der Waals surface area contributed by atoms with Crippen molar-refractivity contribution in [1.29, 1.82) is 0 Å². The van der Waals surface area contributed by atoms with Crippen molar-refractivity contribution >= 4 is 45.3 Å². The summed E-state index contributed by atoms with van der Waals surface area (Å²) in [7, 11) is 0. The van der Waals surface area contributed by atoms with Gasteiger partial charge in [-0.05, 0) is 135 Å². The Morgan fingerprint density at radius 2 is 0.919 bits per heavy atom. The molecule has 352 valence electrons. The molecule has 74 heavy (non-hydrogen) atoms. The van der Waals surface area contributed by atoms with E-state index in [0.717, 1.165) is 93.1 Å². The van der Waals surface area contributed by atoms with E-state index in [1.54, 1.807) is 0 Å². The minimum Gasteiger partial charge on any atom is -0.228 e. The Morgan fingerprint density at radius 3 is 1.69 bits per heavy atom. The van der Waals surface area contributed by atoms with Crippen molar-refractivity contribution in [2.75, 3.05) is 0 Å². The largest absolute Gasteiger partial charge is 0.228 e. The number of rotatable bonds is 9. The normalized spacial score (nSPS) is 14.4. The number of aromatic nitrogens is 4. The zero-order chi connectivity index (χ0) is 49.2. The lowest BCUT2D eigenvalue weighted by atomic mass is 9.84. The number of aryl methyl sites for hydroxylation is 1. The molecule has 0 N–H and O–H groups in total. The van der Waals surface area contributed by atoms with Crippen LogP contribution in [0.4, 0.5) is 0 Å². The molecule has 0 fully saturated rings. The Bertz CT molecular complexity index is 3980. The molecule has 0 spiro atoms. The molecule has 3 aliphatic rings. The van der Waals surface area contributed by atoms with E-state index in [9.17, 15) is 0 Å². The first-order valence-corrected chi connectivity index (χ1v) is 25.9. The van der Waals surface area contributed by atoms with E-state index in [1.165, 1.54) is 61.5 Å². The first-order chi connectivity index (χ1) is 36.6. The molecule has 0 bridgehead atoms. The predicted octanol–water partition coefficient (Wildman–Crippen LogP) is 17.8. The monoisotopic (exact) mass is 948 g/mol. The lowest BCUT2D eigenvalue weighted by Crippen LogP contribution is -2.04. The van der Waals surface area contributed by atoms with Gasteiger partial charge in [-0.15, -0.1) is 0 Å².